The molecule has 2 aromatic rings. The summed E-state index contributed by atoms with van der Waals surface area (Å²) in [4.78, 5) is 14.6. The van der Waals surface area contributed by atoms with E-state index >= 15 is 0 Å². The van der Waals surface area contributed by atoms with Gasteiger partial charge in [0.05, 0.1) is 11.3 Å². The molecule has 0 aliphatic rings. The lowest BCUT2D eigenvalue weighted by molar-refractivity contribution is -0.136. The van der Waals surface area contributed by atoms with Gasteiger partial charge >= 0.3 is 12.2 Å². The molecular weight excluding hydrogens is 449 g/mol. The van der Waals surface area contributed by atoms with E-state index in [9.17, 15) is 18.0 Å². The number of carbonyl (C=O) groups is 1. The topological polar surface area (TPSA) is 32.3 Å². The molecule has 33 heavy (non-hydrogen) atoms. The number of unbranched alkanes of at least 4 members (excludes halogenated alkanes) is 5. The van der Waals surface area contributed by atoms with E-state index in [-0.39, 0.29) is 10.7 Å². The average Bonchev–Trinajstić information content (AvgIpc) is 2.78. The molecule has 0 aliphatic carbocycles. The first-order valence-corrected chi connectivity index (χ1v) is 12.1. The number of alkyl halides is 3. The number of rotatable bonds is 12. The van der Waals surface area contributed by atoms with Crippen LogP contribution >= 0.6 is 11.6 Å². The fraction of sp³-hybridized carbons (Fsp3) is 0.500. The van der Waals surface area contributed by atoms with Crippen LogP contribution in [0, 0.1) is 0 Å². The van der Waals surface area contributed by atoms with Crippen LogP contribution in [-0.4, -0.2) is 17.5 Å². The van der Waals surface area contributed by atoms with Gasteiger partial charge in [-0.2, -0.15) is 13.2 Å². The second-order valence-electron chi connectivity index (χ2n) is 8.37. The molecule has 0 aliphatic heterocycles. The van der Waals surface area contributed by atoms with Crippen molar-refractivity contribution in [2.45, 2.75) is 77.9 Å². The van der Waals surface area contributed by atoms with Gasteiger partial charge in [-0.15, -0.1) is 0 Å². The van der Waals surface area contributed by atoms with Crippen LogP contribution in [0.4, 0.5) is 23.7 Å². The van der Waals surface area contributed by atoms with Gasteiger partial charge in [0.25, 0.3) is 0 Å². The van der Waals surface area contributed by atoms with Crippen molar-refractivity contribution in [1.82, 2.24) is 4.90 Å². The number of urea groups is 1. The molecule has 0 radical (unpaired) electrons. The van der Waals surface area contributed by atoms with Crippen LogP contribution in [0.2, 0.25) is 5.02 Å². The number of hydrogen-bond acceptors (Lipinski definition) is 1. The summed E-state index contributed by atoms with van der Waals surface area (Å²) in [5.41, 5.74) is 0.951. The number of nitrogens with zero attached hydrogens (tertiary/aromatic N) is 1. The lowest BCUT2D eigenvalue weighted by Crippen LogP contribution is -2.35. The number of benzene rings is 2. The van der Waals surface area contributed by atoms with E-state index in [1.807, 2.05) is 12.1 Å². The van der Waals surface area contributed by atoms with E-state index in [0.717, 1.165) is 63.0 Å². The number of carbonyl (C=O) groups excluding carboxylic acids is 1. The maximum atomic E-state index is 13.5. The Labute approximate surface area is 200 Å². The summed E-state index contributed by atoms with van der Waals surface area (Å²) in [7, 11) is 0. The minimum Gasteiger partial charge on any atom is -0.320 e. The monoisotopic (exact) mass is 482 g/mol. The SMILES string of the molecule is CCCCCCCN(Cc1ccc(CCCC)cc1)C(=O)Nc1ccc(Cl)cc1C(F)(F)F. The molecule has 182 valence electrons. The molecule has 0 fully saturated rings. The highest BCUT2D eigenvalue weighted by Crippen LogP contribution is 2.36. The second kappa shape index (κ2) is 13.5. The number of amides is 2. The van der Waals surface area contributed by atoms with E-state index in [1.54, 1.807) is 4.90 Å². The van der Waals surface area contributed by atoms with E-state index in [4.69, 9.17) is 11.6 Å². The molecular formula is C26H34ClF3N2O. The summed E-state index contributed by atoms with van der Waals surface area (Å²) < 4.78 is 40.4. The van der Waals surface area contributed by atoms with Crippen molar-refractivity contribution in [3.8, 4) is 0 Å². The molecule has 0 heterocycles. The van der Waals surface area contributed by atoms with Gasteiger partial charge in [0.1, 0.15) is 0 Å². The Hall–Kier alpha value is -2.21. The van der Waals surface area contributed by atoms with Crippen molar-refractivity contribution in [2.75, 3.05) is 11.9 Å². The molecule has 2 aromatic carbocycles. The van der Waals surface area contributed by atoms with Gasteiger partial charge in [-0.25, -0.2) is 4.79 Å². The van der Waals surface area contributed by atoms with Crippen LogP contribution in [0.15, 0.2) is 42.5 Å². The van der Waals surface area contributed by atoms with Gasteiger partial charge < -0.3 is 10.2 Å². The van der Waals surface area contributed by atoms with Crippen molar-refractivity contribution < 1.29 is 18.0 Å². The highest BCUT2D eigenvalue weighted by atomic mass is 35.5. The number of hydrogen-bond donors (Lipinski definition) is 1. The molecule has 2 rings (SSSR count). The first-order valence-electron chi connectivity index (χ1n) is 11.7. The fourth-order valence-corrected chi connectivity index (χ4v) is 3.80. The first-order chi connectivity index (χ1) is 15.7. The zero-order chi connectivity index (χ0) is 24.3. The lowest BCUT2D eigenvalue weighted by atomic mass is 10.1. The zero-order valence-corrected chi connectivity index (χ0v) is 20.2. The third-order valence-corrected chi connectivity index (χ3v) is 5.80. The molecule has 0 saturated heterocycles. The number of anilines is 1. The maximum absolute atomic E-state index is 13.5. The van der Waals surface area contributed by atoms with Crippen LogP contribution in [-0.2, 0) is 19.1 Å². The minimum absolute atomic E-state index is 0.0312. The Morgan fingerprint density at radius 2 is 1.55 bits per heavy atom. The van der Waals surface area contributed by atoms with Crippen LogP contribution in [0.25, 0.3) is 0 Å². The Morgan fingerprint density at radius 1 is 0.909 bits per heavy atom. The lowest BCUT2D eigenvalue weighted by Gasteiger charge is -2.24. The standard InChI is InChI=1S/C26H34ClF3N2O/c1-3-5-7-8-9-17-32(19-21-13-11-20(12-14-21)10-6-4-2)25(33)31-24-16-15-22(27)18-23(24)26(28,29)30/h11-16,18H,3-10,17,19H2,1-2H3,(H,31,33). The van der Waals surface area contributed by atoms with Crippen molar-refractivity contribution in [2.24, 2.45) is 0 Å². The fourth-order valence-electron chi connectivity index (χ4n) is 3.63. The van der Waals surface area contributed by atoms with Crippen LogP contribution in [0.5, 0.6) is 0 Å². The molecule has 3 nitrogen and oxygen atoms in total. The quantitative estimate of drug-likeness (QED) is 0.301. The number of aryl methyl sites for hydroxylation is 1. The predicted octanol–water partition coefficient (Wildman–Crippen LogP) is 8.71. The van der Waals surface area contributed by atoms with Crippen LogP contribution in [0.1, 0.15) is 75.5 Å². The minimum atomic E-state index is -4.62. The third-order valence-electron chi connectivity index (χ3n) is 5.56. The Kier molecular flexibility index (Phi) is 11.0. The highest BCUT2D eigenvalue weighted by molar-refractivity contribution is 6.30. The number of halogens is 4. The zero-order valence-electron chi connectivity index (χ0n) is 19.5. The van der Waals surface area contributed by atoms with Gasteiger partial charge in [0.15, 0.2) is 0 Å². The second-order valence-corrected chi connectivity index (χ2v) is 8.81. The van der Waals surface area contributed by atoms with Crippen LogP contribution < -0.4 is 5.32 Å². The Bertz CT molecular complexity index is 869. The molecule has 0 aromatic heterocycles. The highest BCUT2D eigenvalue weighted by Gasteiger charge is 2.34. The molecule has 0 unspecified atom stereocenters. The van der Waals surface area contributed by atoms with Crippen molar-refractivity contribution in [3.05, 3.63) is 64.2 Å². The molecule has 1 N–H and O–H groups in total. The van der Waals surface area contributed by atoms with E-state index in [1.165, 1.54) is 17.7 Å². The summed E-state index contributed by atoms with van der Waals surface area (Å²) >= 11 is 5.76. The summed E-state index contributed by atoms with van der Waals surface area (Å²) in [5.74, 6) is 0. The van der Waals surface area contributed by atoms with Crippen molar-refractivity contribution in [1.29, 1.82) is 0 Å². The van der Waals surface area contributed by atoms with E-state index in [0.29, 0.717) is 13.1 Å². The molecule has 0 bridgehead atoms. The molecule has 7 heteroatoms. The third kappa shape index (κ3) is 9.28. The predicted molar refractivity (Wildman–Crippen MR) is 130 cm³/mol. The largest absolute Gasteiger partial charge is 0.418 e. The average molecular weight is 483 g/mol. The summed E-state index contributed by atoms with van der Waals surface area (Å²) in [6, 6.07) is 10.9. The molecule has 0 spiro atoms. The van der Waals surface area contributed by atoms with E-state index in [2.05, 4.69) is 31.3 Å². The summed E-state index contributed by atoms with van der Waals surface area (Å²) in [6.45, 7) is 5.09. The maximum Gasteiger partial charge on any atom is 0.418 e. The Morgan fingerprint density at radius 3 is 2.18 bits per heavy atom. The van der Waals surface area contributed by atoms with Gasteiger partial charge in [-0.1, -0.05) is 81.8 Å². The normalized spacial score (nSPS) is 11.5. The molecule has 0 atom stereocenters. The summed E-state index contributed by atoms with van der Waals surface area (Å²) in [6.07, 6.45) is 3.73. The van der Waals surface area contributed by atoms with Crippen molar-refractivity contribution >= 4 is 23.3 Å². The smallest absolute Gasteiger partial charge is 0.320 e. The van der Waals surface area contributed by atoms with Gasteiger partial charge in [0.2, 0.25) is 0 Å². The van der Waals surface area contributed by atoms with Crippen LogP contribution in [0.3, 0.4) is 0 Å². The van der Waals surface area contributed by atoms with Gasteiger partial charge in [-0.3, -0.25) is 0 Å². The molecule has 0 saturated carbocycles. The summed E-state index contributed by atoms with van der Waals surface area (Å²) in [5, 5.41) is 2.43. The number of nitrogens with one attached hydrogen (secondary N) is 1. The Balaban J connectivity index is 2.15. The van der Waals surface area contributed by atoms with Crippen molar-refractivity contribution in [3.63, 3.8) is 0 Å². The van der Waals surface area contributed by atoms with Gasteiger partial charge in [0, 0.05) is 18.1 Å². The first kappa shape index (κ1) is 27.0. The molecule has 2 amide bonds. The van der Waals surface area contributed by atoms with Gasteiger partial charge in [-0.05, 0) is 48.6 Å². The van der Waals surface area contributed by atoms with E-state index < -0.39 is 17.8 Å².